The van der Waals surface area contributed by atoms with Crippen LogP contribution in [0.1, 0.15) is 30.4 Å². The fraction of sp³-hybridized carbons (Fsp3) is 0.533. The molecule has 17 heavy (non-hydrogen) atoms. The maximum Gasteiger partial charge on any atom is 0.136 e. The first-order valence-electron chi connectivity index (χ1n) is 6.54. The minimum Gasteiger partial charge on any atom is -0.317 e. The Morgan fingerprint density at radius 1 is 1.35 bits per heavy atom. The van der Waals surface area contributed by atoms with Gasteiger partial charge in [0.1, 0.15) is 5.78 Å². The number of nitrogens with one attached hydrogen (secondary N) is 1. The van der Waals surface area contributed by atoms with E-state index >= 15 is 0 Å². The molecule has 2 heteroatoms. The van der Waals surface area contributed by atoms with E-state index in [0.29, 0.717) is 18.1 Å². The second-order valence-corrected chi connectivity index (χ2v) is 4.98. The minimum absolute atomic E-state index is 0.307. The predicted molar refractivity (Wildman–Crippen MR) is 70.1 cm³/mol. The molecule has 0 unspecified atom stereocenters. The van der Waals surface area contributed by atoms with Gasteiger partial charge in [-0.15, -0.1) is 0 Å². The maximum absolute atomic E-state index is 12.0. The second kappa shape index (κ2) is 5.97. The predicted octanol–water partition coefficient (Wildman–Crippen LogP) is 2.50. The Balaban J connectivity index is 1.83. The molecule has 1 fully saturated rings. The van der Waals surface area contributed by atoms with Crippen molar-refractivity contribution in [1.82, 2.24) is 5.32 Å². The molecular weight excluding hydrogens is 210 g/mol. The molecule has 1 heterocycles. The van der Waals surface area contributed by atoms with Crippen molar-refractivity contribution in [2.75, 3.05) is 13.1 Å². The number of piperidine rings is 1. The molecule has 0 saturated carbocycles. The lowest BCUT2D eigenvalue weighted by Crippen LogP contribution is -2.31. The van der Waals surface area contributed by atoms with Crippen molar-refractivity contribution in [2.45, 2.75) is 32.6 Å². The zero-order valence-electron chi connectivity index (χ0n) is 10.5. The van der Waals surface area contributed by atoms with Crippen molar-refractivity contribution in [3.8, 4) is 0 Å². The number of ketones is 1. The van der Waals surface area contributed by atoms with E-state index in [9.17, 15) is 4.79 Å². The van der Waals surface area contributed by atoms with E-state index < -0.39 is 0 Å². The Morgan fingerprint density at radius 2 is 2.12 bits per heavy atom. The average Bonchev–Trinajstić information content (AvgIpc) is 2.37. The zero-order chi connectivity index (χ0) is 12.1. The van der Waals surface area contributed by atoms with Crippen LogP contribution in [0, 0.1) is 12.8 Å². The molecule has 2 nitrogen and oxygen atoms in total. The lowest BCUT2D eigenvalue weighted by Gasteiger charge is -2.21. The normalized spacial score (nSPS) is 17.0. The van der Waals surface area contributed by atoms with Gasteiger partial charge in [0.05, 0.1) is 0 Å². The van der Waals surface area contributed by atoms with Gasteiger partial charge in [0.15, 0.2) is 0 Å². The third-order valence-corrected chi connectivity index (χ3v) is 3.54. The highest BCUT2D eigenvalue weighted by Crippen LogP contribution is 2.16. The van der Waals surface area contributed by atoms with Gasteiger partial charge in [-0.3, -0.25) is 4.79 Å². The number of aryl methyl sites for hydroxylation is 2. The van der Waals surface area contributed by atoms with Gasteiger partial charge in [0.25, 0.3) is 0 Å². The van der Waals surface area contributed by atoms with Gasteiger partial charge in [-0.25, -0.2) is 0 Å². The van der Waals surface area contributed by atoms with E-state index in [1.807, 2.05) is 0 Å². The molecule has 1 N–H and O–H groups in total. The fourth-order valence-corrected chi connectivity index (χ4v) is 2.48. The van der Waals surface area contributed by atoms with E-state index in [1.54, 1.807) is 0 Å². The first kappa shape index (κ1) is 12.3. The van der Waals surface area contributed by atoms with Gasteiger partial charge in [-0.2, -0.15) is 0 Å². The Bertz CT molecular complexity index is 380. The van der Waals surface area contributed by atoms with E-state index in [1.165, 1.54) is 11.1 Å². The Kier molecular flexibility index (Phi) is 4.32. The number of carbonyl (C=O) groups is 1. The number of hydrogen-bond donors (Lipinski definition) is 1. The highest BCUT2D eigenvalue weighted by molar-refractivity contribution is 5.81. The first-order chi connectivity index (χ1) is 8.25. The van der Waals surface area contributed by atoms with E-state index in [0.717, 1.165) is 32.4 Å². The van der Waals surface area contributed by atoms with Gasteiger partial charge >= 0.3 is 0 Å². The molecule has 0 bridgehead atoms. The van der Waals surface area contributed by atoms with Gasteiger partial charge in [-0.05, 0) is 44.8 Å². The van der Waals surface area contributed by atoms with Crippen molar-refractivity contribution in [2.24, 2.45) is 5.92 Å². The van der Waals surface area contributed by atoms with E-state index in [4.69, 9.17) is 0 Å². The molecule has 0 radical (unpaired) electrons. The van der Waals surface area contributed by atoms with Crippen LogP contribution < -0.4 is 5.32 Å². The minimum atomic E-state index is 0.307. The molecule has 1 aromatic carbocycles. The Labute approximate surface area is 103 Å². The molecule has 1 aromatic rings. The van der Waals surface area contributed by atoms with E-state index in [2.05, 4.69) is 36.5 Å². The molecule has 0 spiro atoms. The summed E-state index contributed by atoms with van der Waals surface area (Å²) in [5.74, 6) is 0.758. The van der Waals surface area contributed by atoms with Crippen LogP contribution in [0.4, 0.5) is 0 Å². The van der Waals surface area contributed by atoms with Crippen LogP contribution in [-0.2, 0) is 11.2 Å². The molecule has 0 aliphatic carbocycles. The summed E-state index contributed by atoms with van der Waals surface area (Å²) in [4.78, 5) is 12.0. The number of hydrogen-bond acceptors (Lipinski definition) is 2. The quantitative estimate of drug-likeness (QED) is 0.862. The van der Waals surface area contributed by atoms with E-state index in [-0.39, 0.29) is 0 Å². The molecule has 0 atom stereocenters. The van der Waals surface area contributed by atoms with Gasteiger partial charge < -0.3 is 5.32 Å². The number of benzene rings is 1. The van der Waals surface area contributed by atoms with Crippen LogP contribution >= 0.6 is 0 Å². The molecule has 92 valence electrons. The van der Waals surface area contributed by atoms with Crippen LogP contribution in [0.5, 0.6) is 0 Å². The van der Waals surface area contributed by atoms with Gasteiger partial charge in [-0.1, -0.05) is 29.8 Å². The SMILES string of the molecule is Cc1cccc(CCC(=O)C2CCNCC2)c1. The standard InChI is InChI=1S/C15H21NO/c1-12-3-2-4-13(11-12)5-6-15(17)14-7-9-16-10-8-14/h2-4,11,14,16H,5-10H2,1H3. The summed E-state index contributed by atoms with van der Waals surface area (Å²) in [5.41, 5.74) is 2.56. The third-order valence-electron chi connectivity index (χ3n) is 3.54. The lowest BCUT2D eigenvalue weighted by atomic mass is 9.90. The molecule has 0 amide bonds. The number of carbonyl (C=O) groups excluding carboxylic acids is 1. The fourth-order valence-electron chi connectivity index (χ4n) is 2.48. The van der Waals surface area contributed by atoms with Crippen LogP contribution in [-0.4, -0.2) is 18.9 Å². The average molecular weight is 231 g/mol. The molecule has 1 aliphatic heterocycles. The van der Waals surface area contributed by atoms with Crippen LogP contribution in [0.3, 0.4) is 0 Å². The van der Waals surface area contributed by atoms with Crippen molar-refractivity contribution in [1.29, 1.82) is 0 Å². The monoisotopic (exact) mass is 231 g/mol. The summed E-state index contributed by atoms with van der Waals surface area (Å²) in [6, 6.07) is 8.45. The smallest absolute Gasteiger partial charge is 0.136 e. The maximum atomic E-state index is 12.0. The number of Topliss-reactive ketones (excluding diaryl/α,β-unsaturated/α-hetero) is 1. The topological polar surface area (TPSA) is 29.1 Å². The van der Waals surface area contributed by atoms with Crippen molar-refractivity contribution in [3.63, 3.8) is 0 Å². The summed E-state index contributed by atoms with van der Waals surface area (Å²) in [6.45, 7) is 4.10. The molecule has 2 rings (SSSR count). The van der Waals surface area contributed by atoms with Crippen LogP contribution in [0.15, 0.2) is 24.3 Å². The Hall–Kier alpha value is -1.15. The highest BCUT2D eigenvalue weighted by atomic mass is 16.1. The largest absolute Gasteiger partial charge is 0.317 e. The Morgan fingerprint density at radius 3 is 2.82 bits per heavy atom. The van der Waals surface area contributed by atoms with Crippen LogP contribution in [0.25, 0.3) is 0 Å². The molecule has 1 aliphatic rings. The van der Waals surface area contributed by atoms with Gasteiger partial charge in [0.2, 0.25) is 0 Å². The summed E-state index contributed by atoms with van der Waals surface area (Å²) < 4.78 is 0. The zero-order valence-corrected chi connectivity index (χ0v) is 10.5. The highest BCUT2D eigenvalue weighted by Gasteiger charge is 2.20. The van der Waals surface area contributed by atoms with Crippen molar-refractivity contribution >= 4 is 5.78 Å². The second-order valence-electron chi connectivity index (χ2n) is 4.98. The summed E-state index contributed by atoms with van der Waals surface area (Å²) >= 11 is 0. The molecule has 1 saturated heterocycles. The first-order valence-corrected chi connectivity index (χ1v) is 6.54. The third kappa shape index (κ3) is 3.67. The summed E-state index contributed by atoms with van der Waals surface area (Å²) in [7, 11) is 0. The number of rotatable bonds is 4. The van der Waals surface area contributed by atoms with Crippen LogP contribution in [0.2, 0.25) is 0 Å². The summed E-state index contributed by atoms with van der Waals surface area (Å²) in [6.07, 6.45) is 3.64. The van der Waals surface area contributed by atoms with Crippen molar-refractivity contribution in [3.05, 3.63) is 35.4 Å². The lowest BCUT2D eigenvalue weighted by molar-refractivity contribution is -0.123. The molecule has 0 aromatic heterocycles. The van der Waals surface area contributed by atoms with Crippen molar-refractivity contribution < 1.29 is 4.79 Å². The molecular formula is C15H21NO. The summed E-state index contributed by atoms with van der Waals surface area (Å²) in [5, 5.41) is 3.30. The van der Waals surface area contributed by atoms with Gasteiger partial charge in [0, 0.05) is 12.3 Å².